The number of piperidine rings is 1. The zero-order valence-corrected chi connectivity index (χ0v) is 14.1. The van der Waals surface area contributed by atoms with E-state index in [1.807, 2.05) is 41.1 Å². The highest BCUT2D eigenvalue weighted by Gasteiger charge is 2.35. The lowest BCUT2D eigenvalue weighted by Gasteiger charge is -2.41. The largest absolute Gasteiger partial charge is 0.396 e. The van der Waals surface area contributed by atoms with E-state index in [2.05, 4.69) is 18.7 Å². The van der Waals surface area contributed by atoms with E-state index in [0.717, 1.165) is 32.4 Å². The molecule has 1 aromatic rings. The number of allylic oxidation sites excluding steroid dienone is 1. The summed E-state index contributed by atoms with van der Waals surface area (Å²) in [5, 5.41) is 9.75. The number of amides is 1. The van der Waals surface area contributed by atoms with Crippen molar-refractivity contribution >= 4 is 5.91 Å². The highest BCUT2D eigenvalue weighted by molar-refractivity contribution is 5.78. The first-order chi connectivity index (χ1) is 11.1. The Kier molecular flexibility index (Phi) is 6.37. The number of hydrogen-bond acceptors (Lipinski definition) is 3. The van der Waals surface area contributed by atoms with Crippen LogP contribution in [-0.4, -0.2) is 54.1 Å². The van der Waals surface area contributed by atoms with Gasteiger partial charge in [0.15, 0.2) is 0 Å². The fraction of sp³-hybridized carbons (Fsp3) is 0.526. The monoisotopic (exact) mass is 316 g/mol. The molecule has 0 bridgehead atoms. The molecule has 4 heteroatoms. The van der Waals surface area contributed by atoms with Crippen LogP contribution >= 0.6 is 0 Å². The summed E-state index contributed by atoms with van der Waals surface area (Å²) in [5.74, 6) is 0.144. The fourth-order valence-corrected chi connectivity index (χ4v) is 3.37. The number of rotatable bonds is 7. The second-order valence-corrected chi connectivity index (χ2v) is 6.73. The van der Waals surface area contributed by atoms with Crippen molar-refractivity contribution in [3.05, 3.63) is 48.6 Å². The predicted molar refractivity (Wildman–Crippen MR) is 92.9 cm³/mol. The van der Waals surface area contributed by atoms with Crippen molar-refractivity contribution < 1.29 is 9.90 Å². The molecule has 0 saturated carbocycles. The maximum absolute atomic E-state index is 12.6. The van der Waals surface area contributed by atoms with Crippen LogP contribution in [0.25, 0.3) is 0 Å². The standard InChI is InChI=1S/C19H28N2O2/c1-3-10-19(16-22)11-7-12-21(15-19)18(23)14-20(2)13-17-8-5-4-6-9-17/h3-6,8-9,22H,1,7,10-16H2,2H3. The molecule has 4 nitrogen and oxygen atoms in total. The highest BCUT2D eigenvalue weighted by atomic mass is 16.3. The first-order valence-corrected chi connectivity index (χ1v) is 8.30. The third-order valence-corrected chi connectivity index (χ3v) is 4.63. The van der Waals surface area contributed by atoms with E-state index in [0.29, 0.717) is 13.1 Å². The average molecular weight is 316 g/mol. The van der Waals surface area contributed by atoms with Crippen molar-refractivity contribution in [3.8, 4) is 0 Å². The Morgan fingerprint density at radius 3 is 2.83 bits per heavy atom. The highest BCUT2D eigenvalue weighted by Crippen LogP contribution is 2.33. The SMILES string of the molecule is C=CCC1(CO)CCCN(C(=O)CN(C)Cc2ccccc2)C1. The summed E-state index contributed by atoms with van der Waals surface area (Å²) < 4.78 is 0. The van der Waals surface area contributed by atoms with E-state index < -0.39 is 0 Å². The normalized spacial score (nSPS) is 21.4. The van der Waals surface area contributed by atoms with Gasteiger partial charge >= 0.3 is 0 Å². The lowest BCUT2D eigenvalue weighted by Crippen LogP contribution is -2.50. The van der Waals surface area contributed by atoms with Gasteiger partial charge in [-0.05, 0) is 31.9 Å². The minimum absolute atomic E-state index is 0.114. The number of carbonyl (C=O) groups is 1. The second-order valence-electron chi connectivity index (χ2n) is 6.73. The summed E-state index contributed by atoms with van der Waals surface area (Å²) >= 11 is 0. The molecule has 1 fully saturated rings. The summed E-state index contributed by atoms with van der Waals surface area (Å²) in [6.45, 7) is 6.49. The first-order valence-electron chi connectivity index (χ1n) is 8.30. The van der Waals surface area contributed by atoms with Gasteiger partial charge in [-0.25, -0.2) is 0 Å². The molecule has 1 atom stereocenters. The number of nitrogens with zero attached hydrogens (tertiary/aromatic N) is 2. The third-order valence-electron chi connectivity index (χ3n) is 4.63. The van der Waals surface area contributed by atoms with Gasteiger partial charge in [0, 0.05) is 25.0 Å². The van der Waals surface area contributed by atoms with Crippen molar-refractivity contribution in [1.82, 2.24) is 9.80 Å². The maximum atomic E-state index is 12.6. The molecule has 0 aliphatic carbocycles. The first kappa shape index (κ1) is 17.7. The molecule has 0 aromatic heterocycles. The van der Waals surface area contributed by atoms with Gasteiger partial charge in [-0.3, -0.25) is 9.69 Å². The Balaban J connectivity index is 1.90. The van der Waals surface area contributed by atoms with Crippen molar-refractivity contribution in [3.63, 3.8) is 0 Å². The van der Waals surface area contributed by atoms with Crippen molar-refractivity contribution in [2.75, 3.05) is 33.3 Å². The molecule has 23 heavy (non-hydrogen) atoms. The van der Waals surface area contributed by atoms with Crippen molar-refractivity contribution in [2.24, 2.45) is 5.41 Å². The fourth-order valence-electron chi connectivity index (χ4n) is 3.37. The van der Waals surface area contributed by atoms with Crippen LogP contribution in [0, 0.1) is 5.41 Å². The quantitative estimate of drug-likeness (QED) is 0.785. The summed E-state index contributed by atoms with van der Waals surface area (Å²) in [6, 6.07) is 10.2. The van der Waals surface area contributed by atoms with E-state index in [1.165, 1.54) is 5.56 Å². The van der Waals surface area contributed by atoms with Crippen molar-refractivity contribution in [1.29, 1.82) is 0 Å². The van der Waals surface area contributed by atoms with Crippen LogP contribution in [0.1, 0.15) is 24.8 Å². The minimum atomic E-state index is -0.201. The van der Waals surface area contributed by atoms with Crippen LogP contribution in [-0.2, 0) is 11.3 Å². The topological polar surface area (TPSA) is 43.8 Å². The third kappa shape index (κ3) is 4.91. The number of benzene rings is 1. The predicted octanol–water partition coefficient (Wildman–Crippen LogP) is 2.30. The lowest BCUT2D eigenvalue weighted by atomic mass is 9.78. The maximum Gasteiger partial charge on any atom is 0.236 e. The second kappa shape index (κ2) is 8.27. The van der Waals surface area contributed by atoms with Crippen LogP contribution in [0.4, 0.5) is 0 Å². The molecule has 1 N–H and O–H groups in total. The Bertz CT molecular complexity index is 517. The van der Waals surface area contributed by atoms with E-state index in [4.69, 9.17) is 0 Å². The van der Waals surface area contributed by atoms with Crippen LogP contribution in [0.15, 0.2) is 43.0 Å². The van der Waals surface area contributed by atoms with Crippen LogP contribution in [0.2, 0.25) is 0 Å². The Hall–Kier alpha value is -1.65. The molecule has 1 unspecified atom stereocenters. The van der Waals surface area contributed by atoms with E-state index in [1.54, 1.807) is 0 Å². The summed E-state index contributed by atoms with van der Waals surface area (Å²) in [5.41, 5.74) is 1.01. The zero-order valence-electron chi connectivity index (χ0n) is 14.1. The molecule has 1 saturated heterocycles. The smallest absolute Gasteiger partial charge is 0.236 e. The zero-order chi connectivity index (χ0) is 16.7. The number of aliphatic hydroxyl groups excluding tert-OH is 1. The van der Waals surface area contributed by atoms with Gasteiger partial charge in [-0.1, -0.05) is 36.4 Å². The van der Waals surface area contributed by atoms with Gasteiger partial charge in [0.2, 0.25) is 5.91 Å². The molecule has 1 aliphatic rings. The summed E-state index contributed by atoms with van der Waals surface area (Å²) in [4.78, 5) is 16.5. The van der Waals surface area contributed by atoms with Crippen molar-refractivity contribution in [2.45, 2.75) is 25.8 Å². The molecule has 1 heterocycles. The Morgan fingerprint density at radius 1 is 1.43 bits per heavy atom. The molecule has 1 aromatic carbocycles. The van der Waals surface area contributed by atoms with Gasteiger partial charge in [-0.15, -0.1) is 6.58 Å². The van der Waals surface area contributed by atoms with E-state index >= 15 is 0 Å². The number of aliphatic hydroxyl groups is 1. The van der Waals surface area contributed by atoms with Gasteiger partial charge in [0.05, 0.1) is 13.2 Å². The van der Waals surface area contributed by atoms with Crippen LogP contribution in [0.5, 0.6) is 0 Å². The van der Waals surface area contributed by atoms with E-state index in [-0.39, 0.29) is 17.9 Å². The molecule has 1 amide bonds. The summed E-state index contributed by atoms with van der Waals surface area (Å²) in [7, 11) is 1.97. The number of likely N-dealkylation sites (tertiary alicyclic amines) is 1. The van der Waals surface area contributed by atoms with E-state index in [9.17, 15) is 9.90 Å². The molecular weight excluding hydrogens is 288 g/mol. The van der Waals surface area contributed by atoms with Crippen LogP contribution < -0.4 is 0 Å². The minimum Gasteiger partial charge on any atom is -0.396 e. The van der Waals surface area contributed by atoms with Crippen LogP contribution in [0.3, 0.4) is 0 Å². The molecule has 2 rings (SSSR count). The number of carbonyl (C=O) groups excluding carboxylic acids is 1. The number of hydrogen-bond donors (Lipinski definition) is 1. The average Bonchev–Trinajstić information content (AvgIpc) is 2.56. The Labute approximate surface area is 139 Å². The van der Waals surface area contributed by atoms with Gasteiger partial charge < -0.3 is 10.0 Å². The lowest BCUT2D eigenvalue weighted by molar-refractivity contribution is -0.136. The van der Waals surface area contributed by atoms with Gasteiger partial charge in [0.1, 0.15) is 0 Å². The molecule has 126 valence electrons. The molecule has 1 aliphatic heterocycles. The summed E-state index contributed by atoms with van der Waals surface area (Å²) in [6.07, 6.45) is 4.51. The van der Waals surface area contributed by atoms with Gasteiger partial charge in [0.25, 0.3) is 0 Å². The molecule has 0 radical (unpaired) electrons. The molecular formula is C19H28N2O2. The number of likely N-dealkylation sites (N-methyl/N-ethyl adjacent to an activating group) is 1. The van der Waals surface area contributed by atoms with Gasteiger partial charge in [-0.2, -0.15) is 0 Å². The Morgan fingerprint density at radius 2 is 2.17 bits per heavy atom. The molecule has 0 spiro atoms.